The van der Waals surface area contributed by atoms with Gasteiger partial charge in [0.25, 0.3) is 0 Å². The van der Waals surface area contributed by atoms with Gasteiger partial charge in [0.15, 0.2) is 5.82 Å². The second-order valence-corrected chi connectivity index (χ2v) is 6.23. The minimum absolute atomic E-state index is 0.180. The second kappa shape index (κ2) is 7.49. The van der Waals surface area contributed by atoms with Crippen molar-refractivity contribution in [2.24, 2.45) is 10.7 Å². The molecular weight excluding hydrogens is 296 g/mol. The van der Waals surface area contributed by atoms with E-state index in [9.17, 15) is 4.79 Å². The third-order valence-corrected chi connectivity index (χ3v) is 4.25. The molecule has 0 radical (unpaired) electrons. The molecule has 20 heavy (non-hydrogen) atoms. The number of carboxylic acids is 1. The van der Waals surface area contributed by atoms with Gasteiger partial charge in [-0.05, 0) is 19.1 Å². The number of hydrogen-bond acceptors (Lipinski definition) is 6. The van der Waals surface area contributed by atoms with E-state index >= 15 is 0 Å². The van der Waals surface area contributed by atoms with E-state index in [0.717, 1.165) is 10.8 Å². The van der Waals surface area contributed by atoms with Gasteiger partial charge in [-0.3, -0.25) is 4.79 Å². The summed E-state index contributed by atoms with van der Waals surface area (Å²) in [5, 5.41) is 9.43. The summed E-state index contributed by atoms with van der Waals surface area (Å²) in [6.07, 6.45) is 0.804. The zero-order chi connectivity index (χ0) is 15.3. The summed E-state index contributed by atoms with van der Waals surface area (Å²) in [5.41, 5.74) is 6.51. The van der Waals surface area contributed by atoms with Crippen molar-refractivity contribution in [3.8, 4) is 0 Å². The summed E-state index contributed by atoms with van der Waals surface area (Å²) in [6.45, 7) is 2.54. The maximum atomic E-state index is 10.4. The largest absolute Gasteiger partial charge is 0.481 e. The van der Waals surface area contributed by atoms with Gasteiger partial charge in [0.1, 0.15) is 10.7 Å². The summed E-state index contributed by atoms with van der Waals surface area (Å²) in [4.78, 5) is 19.3. The molecule has 1 heterocycles. The molecule has 0 aromatic carbocycles. The van der Waals surface area contributed by atoms with Crippen LogP contribution in [-0.4, -0.2) is 57.4 Å². The zero-order valence-electron chi connectivity index (χ0n) is 11.9. The van der Waals surface area contributed by atoms with Crippen LogP contribution in [0.4, 0.5) is 0 Å². The Balaban J connectivity index is 2.66. The Morgan fingerprint density at radius 3 is 2.75 bits per heavy atom. The highest BCUT2D eigenvalue weighted by Gasteiger charge is 2.22. The summed E-state index contributed by atoms with van der Waals surface area (Å²) >= 11 is 6.78. The molecule has 3 N–H and O–H groups in total. The topological polar surface area (TPSA) is 82.2 Å². The number of thiocarbonyl (C=S) groups is 1. The Hall–Kier alpha value is -1.28. The van der Waals surface area contributed by atoms with Gasteiger partial charge in [-0.25, -0.2) is 4.99 Å². The molecule has 0 saturated carbocycles. The van der Waals surface area contributed by atoms with E-state index in [1.807, 2.05) is 30.8 Å². The fourth-order valence-electron chi connectivity index (χ4n) is 1.73. The smallest absolute Gasteiger partial charge is 0.303 e. The highest BCUT2D eigenvalue weighted by Crippen LogP contribution is 2.19. The Bertz CT molecular complexity index is 462. The molecule has 0 aliphatic carbocycles. The first-order valence-corrected chi connectivity index (χ1v) is 7.58. The third kappa shape index (κ3) is 4.68. The van der Waals surface area contributed by atoms with Crippen LogP contribution >= 0.6 is 24.0 Å². The lowest BCUT2D eigenvalue weighted by molar-refractivity contribution is -0.137. The number of thioether (sulfide) groups is 1. The van der Waals surface area contributed by atoms with E-state index in [2.05, 4.69) is 4.99 Å². The number of likely N-dealkylation sites (N-methyl/N-ethyl adjacent to an activating group) is 1. The number of nitrogens with zero attached hydrogens (tertiary/aromatic N) is 3. The minimum atomic E-state index is -0.771. The first-order valence-electron chi connectivity index (χ1n) is 6.19. The highest BCUT2D eigenvalue weighted by atomic mass is 32.2. The van der Waals surface area contributed by atoms with E-state index in [1.165, 1.54) is 11.8 Å². The normalized spacial score (nSPS) is 16.9. The second-order valence-electron chi connectivity index (χ2n) is 4.56. The summed E-state index contributed by atoms with van der Waals surface area (Å²) < 4.78 is 0. The molecule has 0 amide bonds. The van der Waals surface area contributed by atoms with Crippen LogP contribution in [0, 0.1) is 0 Å². The molecule has 0 spiro atoms. The zero-order valence-corrected chi connectivity index (χ0v) is 13.6. The van der Waals surface area contributed by atoms with Crippen LogP contribution in [0.3, 0.4) is 0 Å². The number of aliphatic imine (C=N–C) groups is 1. The standard InChI is InChI=1S/C12H20N4O2S2/c1-8(20-6-4-5-9(17)18)14-11-10(13)12(19)16(3)7-15(11)2/h4-7,13H2,1-3H3,(H,17,18)/b14-8+. The van der Waals surface area contributed by atoms with Crippen molar-refractivity contribution in [2.75, 3.05) is 26.5 Å². The highest BCUT2D eigenvalue weighted by molar-refractivity contribution is 8.13. The third-order valence-electron chi connectivity index (χ3n) is 2.71. The molecule has 0 aromatic rings. The maximum absolute atomic E-state index is 10.4. The molecule has 0 unspecified atom stereocenters. The molecule has 0 aromatic heterocycles. The van der Waals surface area contributed by atoms with Crippen molar-refractivity contribution in [3.05, 3.63) is 11.5 Å². The number of carbonyl (C=O) groups is 1. The van der Waals surface area contributed by atoms with Gasteiger partial charge in [0, 0.05) is 20.5 Å². The molecule has 6 nitrogen and oxygen atoms in total. The SMILES string of the molecule is C/C(=N\C1=C(N)C(=S)N(C)CN1C)SCCCC(=O)O. The molecule has 8 heteroatoms. The fourth-order valence-corrected chi connectivity index (χ4v) is 2.61. The number of aliphatic carboxylic acids is 1. The monoisotopic (exact) mass is 316 g/mol. The van der Waals surface area contributed by atoms with Crippen LogP contribution in [0.1, 0.15) is 19.8 Å². The lowest BCUT2D eigenvalue weighted by Gasteiger charge is -2.34. The number of carboxylic acid groups (broad SMARTS) is 1. The summed E-state index contributed by atoms with van der Waals surface area (Å²) in [6, 6.07) is 0. The van der Waals surface area contributed by atoms with Gasteiger partial charge in [0.05, 0.1) is 11.7 Å². The van der Waals surface area contributed by atoms with Crippen molar-refractivity contribution in [1.29, 1.82) is 0 Å². The van der Waals surface area contributed by atoms with Gasteiger partial charge in [0.2, 0.25) is 0 Å². The lowest BCUT2D eigenvalue weighted by atomic mass is 10.3. The average molecular weight is 316 g/mol. The van der Waals surface area contributed by atoms with Gasteiger partial charge in [-0.2, -0.15) is 0 Å². The molecule has 1 aliphatic rings. The van der Waals surface area contributed by atoms with Crippen molar-refractivity contribution in [3.63, 3.8) is 0 Å². The number of hydrogen-bond donors (Lipinski definition) is 2. The quantitative estimate of drug-likeness (QED) is 0.342. The molecule has 0 atom stereocenters. The summed E-state index contributed by atoms with van der Waals surface area (Å²) in [5.74, 6) is 0.631. The van der Waals surface area contributed by atoms with Crippen LogP contribution in [0.15, 0.2) is 16.5 Å². The van der Waals surface area contributed by atoms with E-state index in [1.54, 1.807) is 0 Å². The van der Waals surface area contributed by atoms with Crippen molar-refractivity contribution in [1.82, 2.24) is 9.80 Å². The van der Waals surface area contributed by atoms with Gasteiger partial charge in [-0.1, -0.05) is 12.2 Å². The first kappa shape index (κ1) is 16.8. The van der Waals surface area contributed by atoms with E-state index in [0.29, 0.717) is 29.6 Å². The molecule has 1 rings (SSSR count). The first-order chi connectivity index (χ1) is 9.32. The van der Waals surface area contributed by atoms with Crippen LogP contribution in [0.2, 0.25) is 0 Å². The van der Waals surface area contributed by atoms with Crippen LogP contribution in [0.25, 0.3) is 0 Å². The van der Waals surface area contributed by atoms with Gasteiger partial charge >= 0.3 is 5.97 Å². The van der Waals surface area contributed by atoms with Crippen molar-refractivity contribution < 1.29 is 9.90 Å². The van der Waals surface area contributed by atoms with Crippen LogP contribution in [-0.2, 0) is 4.79 Å². The molecule has 0 fully saturated rings. The molecule has 1 aliphatic heterocycles. The maximum Gasteiger partial charge on any atom is 0.303 e. The minimum Gasteiger partial charge on any atom is -0.481 e. The lowest BCUT2D eigenvalue weighted by Crippen LogP contribution is -2.44. The Labute approximate surface area is 128 Å². The predicted molar refractivity (Wildman–Crippen MR) is 86.6 cm³/mol. The predicted octanol–water partition coefficient (Wildman–Crippen LogP) is 1.29. The van der Waals surface area contributed by atoms with Crippen LogP contribution in [0.5, 0.6) is 0 Å². The summed E-state index contributed by atoms with van der Waals surface area (Å²) in [7, 11) is 3.80. The Morgan fingerprint density at radius 1 is 1.50 bits per heavy atom. The van der Waals surface area contributed by atoms with Crippen LogP contribution < -0.4 is 5.73 Å². The van der Waals surface area contributed by atoms with E-state index < -0.39 is 5.97 Å². The fraction of sp³-hybridized carbons (Fsp3) is 0.583. The number of rotatable bonds is 5. The average Bonchev–Trinajstić information content (AvgIpc) is 2.37. The molecule has 0 bridgehead atoms. The van der Waals surface area contributed by atoms with E-state index in [-0.39, 0.29) is 6.42 Å². The number of nitrogens with two attached hydrogens (primary N) is 1. The Kier molecular flexibility index (Phi) is 6.28. The molecule has 112 valence electrons. The molecular formula is C12H20N4O2S2. The van der Waals surface area contributed by atoms with Crippen molar-refractivity contribution >= 4 is 40.0 Å². The van der Waals surface area contributed by atoms with Crippen molar-refractivity contribution in [2.45, 2.75) is 19.8 Å². The Morgan fingerprint density at radius 2 is 2.15 bits per heavy atom. The van der Waals surface area contributed by atoms with Gasteiger partial charge in [-0.15, -0.1) is 11.8 Å². The van der Waals surface area contributed by atoms with Gasteiger partial charge < -0.3 is 20.6 Å². The molecule has 0 saturated heterocycles. The van der Waals surface area contributed by atoms with E-state index in [4.69, 9.17) is 23.1 Å².